The van der Waals surface area contributed by atoms with E-state index in [1.165, 1.54) is 0 Å². The number of hydrogen-bond donors (Lipinski definition) is 0. The Kier molecular flexibility index (Phi) is 2.71. The van der Waals surface area contributed by atoms with Gasteiger partial charge in [-0.2, -0.15) is 5.26 Å². The Labute approximate surface area is 73.9 Å². The molecule has 0 amide bonds. The number of hydrogen-bond acceptors (Lipinski definition) is 3. The summed E-state index contributed by atoms with van der Waals surface area (Å²) in [5.74, 6) is 0. The van der Waals surface area contributed by atoms with E-state index in [0.29, 0.717) is 0 Å². The van der Waals surface area contributed by atoms with E-state index in [2.05, 4.69) is 6.07 Å². The second kappa shape index (κ2) is 3.42. The minimum absolute atomic E-state index is 0.0810. The van der Waals surface area contributed by atoms with E-state index in [1.54, 1.807) is 0 Å². The largest absolute Gasteiger partial charge is 0.375 e. The molecule has 0 N–H and O–H groups in total. The van der Waals surface area contributed by atoms with Gasteiger partial charge in [0.2, 0.25) is 0 Å². The molecule has 1 aliphatic heterocycles. The quantitative estimate of drug-likeness (QED) is 0.617. The Morgan fingerprint density at radius 2 is 2.25 bits per heavy atom. The van der Waals surface area contributed by atoms with E-state index in [9.17, 15) is 0 Å². The summed E-state index contributed by atoms with van der Waals surface area (Å²) in [5.41, 5.74) is -0.462. The highest BCUT2D eigenvalue weighted by Crippen LogP contribution is 2.26. The highest BCUT2D eigenvalue weighted by Gasteiger charge is 2.39. The van der Waals surface area contributed by atoms with Crippen molar-refractivity contribution >= 4 is 0 Å². The molecule has 2 unspecified atom stereocenters. The summed E-state index contributed by atoms with van der Waals surface area (Å²) >= 11 is 0. The van der Waals surface area contributed by atoms with Gasteiger partial charge in [-0.3, -0.25) is 4.90 Å². The van der Waals surface area contributed by atoms with Crippen LogP contribution >= 0.6 is 0 Å². The first kappa shape index (κ1) is 9.50. The summed E-state index contributed by atoms with van der Waals surface area (Å²) in [7, 11) is 3.84. The van der Waals surface area contributed by atoms with Crippen molar-refractivity contribution < 1.29 is 4.74 Å². The topological polar surface area (TPSA) is 36.3 Å². The van der Waals surface area contributed by atoms with Crippen molar-refractivity contribution in [2.24, 2.45) is 0 Å². The third-order valence-electron chi connectivity index (χ3n) is 2.71. The lowest BCUT2D eigenvalue weighted by Gasteiger charge is -2.34. The van der Waals surface area contributed by atoms with Crippen LogP contribution in [0.1, 0.15) is 19.8 Å². The molecule has 1 fully saturated rings. The summed E-state index contributed by atoms with van der Waals surface area (Å²) in [6.45, 7) is 2.73. The fourth-order valence-corrected chi connectivity index (χ4v) is 1.48. The van der Waals surface area contributed by atoms with E-state index < -0.39 is 5.54 Å². The molecule has 68 valence electrons. The molecule has 0 aromatic rings. The molecule has 2 atom stereocenters. The molecule has 0 spiro atoms. The van der Waals surface area contributed by atoms with Crippen molar-refractivity contribution in [3.63, 3.8) is 0 Å². The Hall–Kier alpha value is -0.590. The van der Waals surface area contributed by atoms with Gasteiger partial charge in [0.15, 0.2) is 0 Å². The molecule has 0 bridgehead atoms. The van der Waals surface area contributed by atoms with E-state index in [4.69, 9.17) is 10.00 Å². The molecule has 1 heterocycles. The molecule has 12 heavy (non-hydrogen) atoms. The van der Waals surface area contributed by atoms with Gasteiger partial charge in [0.25, 0.3) is 0 Å². The zero-order chi connectivity index (χ0) is 9.19. The van der Waals surface area contributed by atoms with Crippen LogP contribution in [0.5, 0.6) is 0 Å². The van der Waals surface area contributed by atoms with Gasteiger partial charge < -0.3 is 4.74 Å². The normalized spacial score (nSPS) is 28.4. The number of likely N-dealkylation sites (N-methyl/N-ethyl adjacent to an activating group) is 1. The van der Waals surface area contributed by atoms with Crippen LogP contribution < -0.4 is 0 Å². The molecular weight excluding hydrogens is 152 g/mol. The third-order valence-corrected chi connectivity index (χ3v) is 2.71. The Bertz CT molecular complexity index is 191. The second-order valence-electron chi connectivity index (χ2n) is 3.66. The summed E-state index contributed by atoms with van der Waals surface area (Å²) in [6, 6.07) is 2.32. The molecule has 0 saturated carbocycles. The van der Waals surface area contributed by atoms with Gasteiger partial charge in [0.1, 0.15) is 5.54 Å². The maximum Gasteiger partial charge on any atom is 0.132 e. The lowest BCUT2D eigenvalue weighted by atomic mass is 9.93. The first-order valence-electron chi connectivity index (χ1n) is 4.31. The van der Waals surface area contributed by atoms with Crippen LogP contribution in [0.15, 0.2) is 0 Å². The van der Waals surface area contributed by atoms with E-state index in [0.717, 1.165) is 19.4 Å². The first-order chi connectivity index (χ1) is 5.61. The van der Waals surface area contributed by atoms with Gasteiger partial charge in [-0.1, -0.05) is 0 Å². The monoisotopic (exact) mass is 168 g/mol. The van der Waals surface area contributed by atoms with Crippen molar-refractivity contribution in [3.05, 3.63) is 0 Å². The first-order valence-corrected chi connectivity index (χ1v) is 4.31. The minimum atomic E-state index is -0.462. The predicted molar refractivity (Wildman–Crippen MR) is 46.7 cm³/mol. The maximum absolute atomic E-state index is 9.04. The van der Waals surface area contributed by atoms with Crippen molar-refractivity contribution in [1.29, 1.82) is 5.26 Å². The predicted octanol–water partition coefficient (Wildman–Crippen LogP) is 1.01. The Balaban J connectivity index is 2.73. The smallest absolute Gasteiger partial charge is 0.132 e. The zero-order valence-corrected chi connectivity index (χ0v) is 8.00. The summed E-state index contributed by atoms with van der Waals surface area (Å²) in [6.07, 6.45) is 2.16. The number of rotatable bonds is 2. The van der Waals surface area contributed by atoms with E-state index in [-0.39, 0.29) is 6.10 Å². The Morgan fingerprint density at radius 3 is 2.58 bits per heavy atom. The van der Waals surface area contributed by atoms with Gasteiger partial charge >= 0.3 is 0 Å². The molecule has 0 aromatic carbocycles. The van der Waals surface area contributed by atoms with Crippen LogP contribution in [0.3, 0.4) is 0 Å². The molecule has 1 saturated heterocycles. The summed E-state index contributed by atoms with van der Waals surface area (Å²) < 4.78 is 5.51. The lowest BCUT2D eigenvalue weighted by Crippen LogP contribution is -2.49. The van der Waals surface area contributed by atoms with Gasteiger partial charge in [0.05, 0.1) is 12.2 Å². The molecule has 0 aliphatic carbocycles. The van der Waals surface area contributed by atoms with Crippen molar-refractivity contribution in [1.82, 2.24) is 4.90 Å². The summed E-state index contributed by atoms with van der Waals surface area (Å²) in [5, 5.41) is 9.04. The molecule has 1 rings (SSSR count). The standard InChI is InChI=1S/C9H16N2O/c1-9(7-10,11(2)3)8-5-4-6-12-8/h8H,4-6H2,1-3H3. The number of nitrogens with zero attached hydrogens (tertiary/aromatic N) is 2. The summed E-state index contributed by atoms with van der Waals surface area (Å²) in [4.78, 5) is 1.93. The molecule has 1 aliphatic rings. The van der Waals surface area contributed by atoms with Crippen LogP contribution in [0.2, 0.25) is 0 Å². The highest BCUT2D eigenvalue weighted by atomic mass is 16.5. The fourth-order valence-electron chi connectivity index (χ4n) is 1.48. The van der Waals surface area contributed by atoms with Crippen LogP contribution in [-0.4, -0.2) is 37.2 Å². The maximum atomic E-state index is 9.04. The zero-order valence-electron chi connectivity index (χ0n) is 8.00. The second-order valence-corrected chi connectivity index (χ2v) is 3.66. The SMILES string of the molecule is CN(C)C(C)(C#N)C1CCCO1. The van der Waals surface area contributed by atoms with Crippen LogP contribution in [-0.2, 0) is 4.74 Å². The minimum Gasteiger partial charge on any atom is -0.375 e. The Morgan fingerprint density at radius 1 is 1.58 bits per heavy atom. The van der Waals surface area contributed by atoms with E-state index >= 15 is 0 Å². The van der Waals surface area contributed by atoms with Crippen molar-refractivity contribution in [2.75, 3.05) is 20.7 Å². The molecular formula is C9H16N2O. The third kappa shape index (κ3) is 1.45. The van der Waals surface area contributed by atoms with Crippen molar-refractivity contribution in [3.8, 4) is 6.07 Å². The van der Waals surface area contributed by atoms with Gasteiger partial charge in [-0.25, -0.2) is 0 Å². The highest BCUT2D eigenvalue weighted by molar-refractivity contribution is 5.09. The molecule has 0 radical (unpaired) electrons. The van der Waals surface area contributed by atoms with Crippen LogP contribution in [0.25, 0.3) is 0 Å². The lowest BCUT2D eigenvalue weighted by molar-refractivity contribution is 0.0159. The number of ether oxygens (including phenoxy) is 1. The van der Waals surface area contributed by atoms with E-state index in [1.807, 2.05) is 25.9 Å². The average molecular weight is 168 g/mol. The van der Waals surface area contributed by atoms with Gasteiger partial charge in [-0.05, 0) is 33.9 Å². The molecule has 3 nitrogen and oxygen atoms in total. The van der Waals surface area contributed by atoms with Crippen LogP contribution in [0.4, 0.5) is 0 Å². The van der Waals surface area contributed by atoms with Gasteiger partial charge in [-0.15, -0.1) is 0 Å². The van der Waals surface area contributed by atoms with Gasteiger partial charge in [0, 0.05) is 6.61 Å². The number of nitriles is 1. The van der Waals surface area contributed by atoms with Crippen LogP contribution in [0, 0.1) is 11.3 Å². The average Bonchev–Trinajstić information content (AvgIpc) is 2.54. The molecule has 3 heteroatoms. The fraction of sp³-hybridized carbons (Fsp3) is 0.889. The molecule has 0 aromatic heterocycles. The van der Waals surface area contributed by atoms with Crippen molar-refractivity contribution in [2.45, 2.75) is 31.4 Å².